The Morgan fingerprint density at radius 2 is 1.30 bits per heavy atom. The summed E-state index contributed by atoms with van der Waals surface area (Å²) >= 11 is 0. The maximum atomic E-state index is 6.63. The van der Waals surface area contributed by atoms with Gasteiger partial charge in [0, 0.05) is 0 Å². The molecule has 0 bridgehead atoms. The fourth-order valence-electron chi connectivity index (χ4n) is 3.37. The first-order chi connectivity index (χ1) is 9.21. The molecule has 0 spiro atoms. The van der Waals surface area contributed by atoms with E-state index in [4.69, 9.17) is 4.43 Å². The van der Waals surface area contributed by atoms with Gasteiger partial charge in [0.05, 0.1) is 0 Å². The summed E-state index contributed by atoms with van der Waals surface area (Å²) in [4.78, 5) is 0. The van der Waals surface area contributed by atoms with Crippen LogP contribution in [0.4, 0.5) is 0 Å². The average Bonchev–Trinajstić information content (AvgIpc) is 2.35. The van der Waals surface area contributed by atoms with Gasteiger partial charge in [-0.2, -0.15) is 0 Å². The van der Waals surface area contributed by atoms with E-state index in [2.05, 4.69) is 72.4 Å². The highest BCUT2D eigenvalue weighted by atomic mass is 28.4. The Morgan fingerprint density at radius 1 is 0.900 bits per heavy atom. The molecule has 0 saturated heterocycles. The Labute approximate surface area is 126 Å². The molecule has 1 nitrogen and oxygen atoms in total. The summed E-state index contributed by atoms with van der Waals surface area (Å²) in [7, 11) is -1.84. The fourth-order valence-corrected chi connectivity index (χ4v) is 8.62. The zero-order chi connectivity index (χ0) is 15.5. The maximum Gasteiger partial charge on any atom is 0.258 e. The Bertz CT molecular complexity index is 421. The first-order valence-electron chi connectivity index (χ1n) is 7.66. The molecule has 0 aliphatic carbocycles. The SMILES string of the molecule is C=C(C)c1ccc(O[Si](C(C)C)(C(C)C)C(C)C)cc1. The second kappa shape index (κ2) is 6.62. The molecule has 20 heavy (non-hydrogen) atoms. The summed E-state index contributed by atoms with van der Waals surface area (Å²) in [5.41, 5.74) is 4.08. The standard InChI is InChI=1S/C18H30OSi/c1-13(2)17-9-11-18(12-10-17)19-20(14(3)4,15(5)6)16(7)8/h9-12,14-16H,1H2,2-8H3. The molecule has 0 atom stereocenters. The molecule has 0 aromatic heterocycles. The predicted octanol–water partition coefficient (Wildman–Crippen LogP) is 6.27. The van der Waals surface area contributed by atoms with Gasteiger partial charge < -0.3 is 4.43 Å². The topological polar surface area (TPSA) is 9.23 Å². The minimum Gasteiger partial charge on any atom is -0.543 e. The summed E-state index contributed by atoms with van der Waals surface area (Å²) < 4.78 is 6.63. The van der Waals surface area contributed by atoms with Gasteiger partial charge in [0.1, 0.15) is 5.75 Å². The van der Waals surface area contributed by atoms with E-state index in [9.17, 15) is 0 Å². The zero-order valence-corrected chi connectivity index (χ0v) is 15.2. The molecular formula is C18H30OSi. The maximum absolute atomic E-state index is 6.63. The van der Waals surface area contributed by atoms with Gasteiger partial charge in [0.25, 0.3) is 8.32 Å². The third kappa shape index (κ3) is 3.35. The number of benzene rings is 1. The summed E-state index contributed by atoms with van der Waals surface area (Å²) in [5.74, 6) is 1.01. The molecule has 0 N–H and O–H groups in total. The van der Waals surface area contributed by atoms with Crippen LogP contribution >= 0.6 is 0 Å². The van der Waals surface area contributed by atoms with Crippen LogP contribution in [0.5, 0.6) is 5.75 Å². The normalized spacial score (nSPS) is 12.3. The number of rotatable bonds is 6. The highest BCUT2D eigenvalue weighted by molar-refractivity contribution is 6.78. The molecule has 0 unspecified atom stereocenters. The van der Waals surface area contributed by atoms with Crippen molar-refractivity contribution in [3.63, 3.8) is 0 Å². The highest BCUT2D eigenvalue weighted by Crippen LogP contribution is 2.42. The van der Waals surface area contributed by atoms with E-state index in [1.165, 1.54) is 5.56 Å². The quantitative estimate of drug-likeness (QED) is 0.561. The summed E-state index contributed by atoms with van der Waals surface area (Å²) in [5, 5.41) is 0. The molecule has 0 aliphatic rings. The average molecular weight is 291 g/mol. The van der Waals surface area contributed by atoms with Crippen molar-refractivity contribution in [3.05, 3.63) is 36.4 Å². The monoisotopic (exact) mass is 290 g/mol. The lowest BCUT2D eigenvalue weighted by atomic mass is 10.1. The molecule has 0 amide bonds. The van der Waals surface area contributed by atoms with Gasteiger partial charge in [-0.1, -0.05) is 65.8 Å². The minimum absolute atomic E-state index is 0.600. The van der Waals surface area contributed by atoms with Crippen molar-refractivity contribution in [3.8, 4) is 5.75 Å². The second-order valence-corrected chi connectivity index (χ2v) is 12.1. The van der Waals surface area contributed by atoms with Crippen molar-refractivity contribution >= 4 is 13.9 Å². The van der Waals surface area contributed by atoms with Crippen molar-refractivity contribution in [1.82, 2.24) is 0 Å². The first kappa shape index (κ1) is 17.0. The van der Waals surface area contributed by atoms with Gasteiger partial charge in [-0.05, 0) is 41.2 Å². The van der Waals surface area contributed by atoms with E-state index in [1.54, 1.807) is 0 Å². The van der Waals surface area contributed by atoms with Crippen LogP contribution in [-0.2, 0) is 0 Å². The minimum atomic E-state index is -1.84. The number of hydrogen-bond acceptors (Lipinski definition) is 1. The Balaban J connectivity index is 3.10. The molecule has 1 aromatic rings. The lowest BCUT2D eigenvalue weighted by molar-refractivity contribution is 0.480. The van der Waals surface area contributed by atoms with Gasteiger partial charge in [0.2, 0.25) is 0 Å². The third-order valence-electron chi connectivity index (χ3n) is 4.35. The molecule has 0 fully saturated rings. The van der Waals surface area contributed by atoms with Crippen LogP contribution in [0.2, 0.25) is 16.6 Å². The molecule has 1 aromatic carbocycles. The lowest BCUT2D eigenvalue weighted by Gasteiger charge is -2.42. The van der Waals surface area contributed by atoms with Crippen molar-refractivity contribution in [1.29, 1.82) is 0 Å². The van der Waals surface area contributed by atoms with Crippen LogP contribution in [0.1, 0.15) is 54.0 Å². The molecule has 0 heterocycles. The molecular weight excluding hydrogens is 260 g/mol. The molecule has 1 rings (SSSR count). The highest BCUT2D eigenvalue weighted by Gasteiger charge is 2.46. The van der Waals surface area contributed by atoms with Crippen LogP contribution in [0.25, 0.3) is 5.57 Å². The van der Waals surface area contributed by atoms with E-state index < -0.39 is 8.32 Å². The smallest absolute Gasteiger partial charge is 0.258 e. The summed E-state index contributed by atoms with van der Waals surface area (Å²) in [6.07, 6.45) is 0. The van der Waals surface area contributed by atoms with Crippen LogP contribution in [-0.4, -0.2) is 8.32 Å². The van der Waals surface area contributed by atoms with Crippen LogP contribution in [0.3, 0.4) is 0 Å². The van der Waals surface area contributed by atoms with Gasteiger partial charge in [-0.3, -0.25) is 0 Å². The first-order valence-corrected chi connectivity index (χ1v) is 9.80. The van der Waals surface area contributed by atoms with Gasteiger partial charge in [0.15, 0.2) is 0 Å². The lowest BCUT2D eigenvalue weighted by Crippen LogP contribution is -2.50. The van der Waals surface area contributed by atoms with Crippen molar-refractivity contribution in [2.24, 2.45) is 0 Å². The van der Waals surface area contributed by atoms with Crippen LogP contribution in [0, 0.1) is 0 Å². The van der Waals surface area contributed by atoms with E-state index >= 15 is 0 Å². The molecule has 0 aliphatic heterocycles. The van der Waals surface area contributed by atoms with Crippen molar-refractivity contribution in [2.75, 3.05) is 0 Å². The third-order valence-corrected chi connectivity index (χ3v) is 10.4. The van der Waals surface area contributed by atoms with Gasteiger partial charge >= 0.3 is 0 Å². The van der Waals surface area contributed by atoms with Crippen LogP contribution < -0.4 is 4.43 Å². The largest absolute Gasteiger partial charge is 0.543 e. The van der Waals surface area contributed by atoms with Gasteiger partial charge in [-0.25, -0.2) is 0 Å². The van der Waals surface area contributed by atoms with Crippen molar-refractivity contribution < 1.29 is 4.43 Å². The molecule has 112 valence electrons. The van der Waals surface area contributed by atoms with Gasteiger partial charge in [-0.15, -0.1) is 0 Å². The Kier molecular flexibility index (Phi) is 5.64. The molecule has 0 radical (unpaired) electrons. The van der Waals surface area contributed by atoms with E-state index in [0.717, 1.165) is 11.3 Å². The van der Waals surface area contributed by atoms with Crippen LogP contribution in [0.15, 0.2) is 30.8 Å². The molecule has 0 saturated carbocycles. The number of allylic oxidation sites excluding steroid dienone is 1. The summed E-state index contributed by atoms with van der Waals surface area (Å²) in [6.45, 7) is 19.9. The second-order valence-electron chi connectivity index (χ2n) is 6.72. The van der Waals surface area contributed by atoms with E-state index in [0.29, 0.717) is 16.6 Å². The fraction of sp³-hybridized carbons (Fsp3) is 0.556. The van der Waals surface area contributed by atoms with E-state index in [-0.39, 0.29) is 0 Å². The Hall–Kier alpha value is -1.02. The van der Waals surface area contributed by atoms with Crippen molar-refractivity contribution in [2.45, 2.75) is 65.1 Å². The van der Waals surface area contributed by atoms with E-state index in [1.807, 2.05) is 6.92 Å². The Morgan fingerprint density at radius 3 is 1.60 bits per heavy atom. The predicted molar refractivity (Wildman–Crippen MR) is 92.8 cm³/mol. The zero-order valence-electron chi connectivity index (χ0n) is 14.2. The summed E-state index contributed by atoms with van der Waals surface area (Å²) in [6, 6.07) is 8.41. The molecule has 2 heteroatoms. The number of hydrogen-bond donors (Lipinski definition) is 0.